The molecule has 0 heterocycles. The molecule has 0 radical (unpaired) electrons. The fourth-order valence-electron chi connectivity index (χ4n) is 4.53. The van der Waals surface area contributed by atoms with Crippen LogP contribution in [0.25, 0.3) is 33.0 Å². The van der Waals surface area contributed by atoms with Crippen molar-refractivity contribution in [2.24, 2.45) is 0 Å². The van der Waals surface area contributed by atoms with Gasteiger partial charge in [-0.15, -0.1) is 0 Å². The third-order valence-electron chi connectivity index (χ3n) is 6.42. The molecule has 146 valence electrons. The molecule has 0 saturated carbocycles. The van der Waals surface area contributed by atoms with E-state index < -0.39 is 0 Å². The number of hydrogen-bond acceptors (Lipinski definition) is 1. The number of rotatable bonds is 3. The Bertz CT molecular complexity index is 1230. The monoisotopic (exact) mass is 380 g/mol. The third-order valence-corrected chi connectivity index (χ3v) is 6.42. The fourth-order valence-corrected chi connectivity index (χ4v) is 4.53. The summed E-state index contributed by atoms with van der Waals surface area (Å²) in [5, 5.41) is 2.62. The van der Waals surface area contributed by atoms with E-state index in [2.05, 4.69) is 95.3 Å². The number of ether oxygens (including phenoxy) is 1. The molecule has 0 unspecified atom stereocenters. The summed E-state index contributed by atoms with van der Waals surface area (Å²) in [5.74, 6) is 0.946. The number of fused-ring (bicyclic) bond motifs is 1. The van der Waals surface area contributed by atoms with Crippen LogP contribution in [0.4, 0.5) is 0 Å². The Morgan fingerprint density at radius 1 is 0.517 bits per heavy atom. The Balaban J connectivity index is 2.13. The first-order valence-corrected chi connectivity index (χ1v) is 10.2. The summed E-state index contributed by atoms with van der Waals surface area (Å²) < 4.78 is 5.55. The van der Waals surface area contributed by atoms with Crippen LogP contribution in [0.15, 0.2) is 60.7 Å². The maximum atomic E-state index is 5.55. The number of aryl methyl sites for hydroxylation is 1. The van der Waals surface area contributed by atoms with Gasteiger partial charge < -0.3 is 4.74 Å². The van der Waals surface area contributed by atoms with Crippen molar-refractivity contribution in [2.45, 2.75) is 34.6 Å². The van der Waals surface area contributed by atoms with Crippen LogP contribution in [0.2, 0.25) is 0 Å². The van der Waals surface area contributed by atoms with E-state index in [1.165, 1.54) is 60.8 Å². The van der Waals surface area contributed by atoms with Crippen molar-refractivity contribution in [2.75, 3.05) is 7.11 Å². The van der Waals surface area contributed by atoms with Crippen LogP contribution in [-0.2, 0) is 0 Å². The maximum Gasteiger partial charge on any atom is 0.122 e. The molecule has 1 heteroatoms. The number of methoxy groups -OCH3 is 1. The minimum Gasteiger partial charge on any atom is -0.496 e. The second kappa shape index (κ2) is 7.40. The van der Waals surface area contributed by atoms with Gasteiger partial charge in [-0.2, -0.15) is 0 Å². The normalized spacial score (nSPS) is 11.1. The summed E-state index contributed by atoms with van der Waals surface area (Å²) >= 11 is 0. The highest BCUT2D eigenvalue weighted by molar-refractivity contribution is 6.08. The smallest absolute Gasteiger partial charge is 0.122 e. The SMILES string of the molecule is COc1ccc(-c2c(C)c(C)c(-c3ccccc3C)c3ccccc23)c(C)c1C. The van der Waals surface area contributed by atoms with Gasteiger partial charge in [0, 0.05) is 0 Å². The quantitative estimate of drug-likeness (QED) is 0.353. The lowest BCUT2D eigenvalue weighted by atomic mass is 9.82. The van der Waals surface area contributed by atoms with E-state index in [0.29, 0.717) is 0 Å². The van der Waals surface area contributed by atoms with Crippen molar-refractivity contribution in [3.63, 3.8) is 0 Å². The topological polar surface area (TPSA) is 9.23 Å². The Labute approximate surface area is 174 Å². The summed E-state index contributed by atoms with van der Waals surface area (Å²) in [7, 11) is 1.74. The van der Waals surface area contributed by atoms with Gasteiger partial charge >= 0.3 is 0 Å². The first-order valence-electron chi connectivity index (χ1n) is 10.2. The summed E-state index contributed by atoms with van der Waals surface area (Å²) in [5.41, 5.74) is 11.8. The lowest BCUT2D eigenvalue weighted by molar-refractivity contribution is 0.411. The molecular weight excluding hydrogens is 352 g/mol. The molecule has 1 nitrogen and oxygen atoms in total. The van der Waals surface area contributed by atoms with Gasteiger partial charge in [0.15, 0.2) is 0 Å². The van der Waals surface area contributed by atoms with E-state index in [0.717, 1.165) is 5.75 Å². The van der Waals surface area contributed by atoms with Gasteiger partial charge in [-0.05, 0) is 102 Å². The molecule has 0 atom stereocenters. The number of hydrogen-bond donors (Lipinski definition) is 0. The molecule has 0 aromatic heterocycles. The predicted octanol–water partition coefficient (Wildman–Crippen LogP) is 7.72. The van der Waals surface area contributed by atoms with Gasteiger partial charge in [-0.25, -0.2) is 0 Å². The van der Waals surface area contributed by atoms with Gasteiger partial charge in [-0.1, -0.05) is 54.6 Å². The predicted molar refractivity (Wildman–Crippen MR) is 125 cm³/mol. The van der Waals surface area contributed by atoms with Crippen LogP contribution in [0.5, 0.6) is 5.75 Å². The third kappa shape index (κ3) is 3.02. The molecule has 0 N–H and O–H groups in total. The Kier molecular flexibility index (Phi) is 4.92. The first kappa shape index (κ1) is 19.3. The van der Waals surface area contributed by atoms with Gasteiger partial charge in [-0.3, -0.25) is 0 Å². The van der Waals surface area contributed by atoms with E-state index in [9.17, 15) is 0 Å². The van der Waals surface area contributed by atoms with Gasteiger partial charge in [0.2, 0.25) is 0 Å². The molecule has 0 amide bonds. The summed E-state index contributed by atoms with van der Waals surface area (Å²) in [4.78, 5) is 0. The fraction of sp³-hybridized carbons (Fsp3) is 0.214. The molecule has 0 bridgehead atoms. The molecular formula is C28H28O. The van der Waals surface area contributed by atoms with Crippen molar-refractivity contribution in [1.82, 2.24) is 0 Å². The van der Waals surface area contributed by atoms with Crippen LogP contribution in [-0.4, -0.2) is 7.11 Å². The van der Waals surface area contributed by atoms with Gasteiger partial charge in [0.05, 0.1) is 7.11 Å². The van der Waals surface area contributed by atoms with Gasteiger partial charge in [0.1, 0.15) is 5.75 Å². The minimum atomic E-state index is 0.946. The lowest BCUT2D eigenvalue weighted by Gasteiger charge is -2.22. The zero-order chi connectivity index (χ0) is 20.7. The molecule has 0 saturated heterocycles. The summed E-state index contributed by atoms with van der Waals surface area (Å²) in [6, 6.07) is 21.8. The van der Waals surface area contributed by atoms with Crippen LogP contribution >= 0.6 is 0 Å². The standard InChI is InChI=1S/C28H28O/c1-17-11-7-8-12-22(17)27-20(4)21(5)28(25-14-10-9-13-24(25)27)23-15-16-26(29-6)19(3)18(23)2/h7-16H,1-6H3. The maximum absolute atomic E-state index is 5.55. The zero-order valence-electron chi connectivity index (χ0n) is 18.2. The molecule has 0 aliphatic rings. The van der Waals surface area contributed by atoms with E-state index in [4.69, 9.17) is 4.74 Å². The van der Waals surface area contributed by atoms with E-state index >= 15 is 0 Å². The Hall–Kier alpha value is -3.06. The highest BCUT2D eigenvalue weighted by Crippen LogP contribution is 2.44. The molecule has 29 heavy (non-hydrogen) atoms. The molecule has 0 aliphatic carbocycles. The second-order valence-electron chi connectivity index (χ2n) is 7.93. The minimum absolute atomic E-state index is 0.946. The number of benzene rings is 4. The average molecular weight is 381 g/mol. The van der Waals surface area contributed by atoms with Crippen LogP contribution in [0.3, 0.4) is 0 Å². The van der Waals surface area contributed by atoms with Crippen molar-refractivity contribution >= 4 is 10.8 Å². The Morgan fingerprint density at radius 3 is 1.66 bits per heavy atom. The van der Waals surface area contributed by atoms with Crippen molar-refractivity contribution in [3.8, 4) is 28.0 Å². The first-order chi connectivity index (χ1) is 14.0. The molecule has 4 aromatic rings. The van der Waals surface area contributed by atoms with E-state index in [-0.39, 0.29) is 0 Å². The highest BCUT2D eigenvalue weighted by atomic mass is 16.5. The molecule has 4 rings (SSSR count). The largest absolute Gasteiger partial charge is 0.496 e. The molecule has 0 fully saturated rings. The van der Waals surface area contributed by atoms with Crippen molar-refractivity contribution < 1.29 is 4.74 Å². The van der Waals surface area contributed by atoms with Gasteiger partial charge in [0.25, 0.3) is 0 Å². The highest BCUT2D eigenvalue weighted by Gasteiger charge is 2.19. The van der Waals surface area contributed by atoms with E-state index in [1.807, 2.05) is 0 Å². The molecule has 0 aliphatic heterocycles. The van der Waals surface area contributed by atoms with E-state index in [1.54, 1.807) is 7.11 Å². The Morgan fingerprint density at radius 2 is 1.07 bits per heavy atom. The van der Waals surface area contributed by atoms with Crippen molar-refractivity contribution in [3.05, 3.63) is 88.5 Å². The van der Waals surface area contributed by atoms with Crippen molar-refractivity contribution in [1.29, 1.82) is 0 Å². The van der Waals surface area contributed by atoms with Crippen LogP contribution < -0.4 is 4.74 Å². The second-order valence-corrected chi connectivity index (χ2v) is 7.93. The molecule has 0 spiro atoms. The average Bonchev–Trinajstić information content (AvgIpc) is 2.73. The van der Waals surface area contributed by atoms with Crippen LogP contribution in [0, 0.1) is 34.6 Å². The summed E-state index contributed by atoms with van der Waals surface area (Å²) in [6.45, 7) is 11.1. The zero-order valence-corrected chi connectivity index (χ0v) is 18.2. The van der Waals surface area contributed by atoms with Crippen LogP contribution in [0.1, 0.15) is 27.8 Å². The summed E-state index contributed by atoms with van der Waals surface area (Å²) in [6.07, 6.45) is 0. The lowest BCUT2D eigenvalue weighted by Crippen LogP contribution is -1.99. The molecule has 4 aromatic carbocycles.